The van der Waals surface area contributed by atoms with E-state index in [1.807, 2.05) is 41.8 Å². The zero-order chi connectivity index (χ0) is 17.8. The number of fused-ring (bicyclic) bond motifs is 1. The highest BCUT2D eigenvalue weighted by molar-refractivity contribution is 6.16. The molecule has 1 N–H and O–H groups in total. The zero-order valence-electron chi connectivity index (χ0n) is 13.6. The molecule has 3 rings (SSSR count). The number of carbonyl (C=O) groups is 2. The number of Topliss-reactive ketones (excluding diaryl/α,β-unsaturated/α-hetero) is 1. The number of nitrogens with zero attached hydrogens (tertiary/aromatic N) is 3. The molecule has 3 aromatic rings. The van der Waals surface area contributed by atoms with Gasteiger partial charge in [0.25, 0.3) is 5.91 Å². The Morgan fingerprint density at radius 1 is 1.24 bits per heavy atom. The van der Waals surface area contributed by atoms with Crippen molar-refractivity contribution in [2.24, 2.45) is 5.92 Å². The van der Waals surface area contributed by atoms with Crippen molar-refractivity contribution in [3.63, 3.8) is 0 Å². The molecule has 0 radical (unpaired) electrons. The molecule has 0 spiro atoms. The van der Waals surface area contributed by atoms with Crippen molar-refractivity contribution in [2.45, 2.75) is 13.5 Å². The highest BCUT2D eigenvalue weighted by atomic mass is 16.2. The first-order valence-electron chi connectivity index (χ1n) is 7.89. The number of rotatable bonds is 5. The third-order valence-electron chi connectivity index (χ3n) is 3.95. The summed E-state index contributed by atoms with van der Waals surface area (Å²) in [7, 11) is 0. The van der Waals surface area contributed by atoms with Crippen molar-refractivity contribution in [1.29, 1.82) is 5.26 Å². The number of nitrogens with one attached hydrogen (secondary N) is 1. The topological polar surface area (TPSA) is 87.8 Å². The molecule has 124 valence electrons. The van der Waals surface area contributed by atoms with E-state index in [0.717, 1.165) is 10.9 Å². The number of aromatic nitrogens is 2. The minimum atomic E-state index is -1.43. The number of amides is 1. The van der Waals surface area contributed by atoms with Crippen LogP contribution in [0.5, 0.6) is 0 Å². The van der Waals surface area contributed by atoms with E-state index in [2.05, 4.69) is 10.3 Å². The number of ketones is 1. The molecule has 0 aliphatic heterocycles. The number of anilines is 1. The molecule has 0 saturated carbocycles. The summed E-state index contributed by atoms with van der Waals surface area (Å²) in [6, 6.07) is 16.1. The average molecular weight is 332 g/mol. The van der Waals surface area contributed by atoms with E-state index < -0.39 is 17.6 Å². The molecular formula is C19H16N4O2. The number of hydrogen-bond acceptors (Lipinski definition) is 4. The van der Waals surface area contributed by atoms with Crippen molar-refractivity contribution in [2.75, 3.05) is 5.32 Å². The molecular weight excluding hydrogens is 316 g/mol. The van der Waals surface area contributed by atoms with Crippen LogP contribution in [0.1, 0.15) is 17.4 Å². The SMILES string of the molecule is CCn1c(C(=O)[C@H](C#N)C(=O)Nc2ccccn2)cc2ccccc21. The van der Waals surface area contributed by atoms with Crippen LogP contribution in [0.4, 0.5) is 5.82 Å². The third-order valence-corrected chi connectivity index (χ3v) is 3.95. The molecule has 6 nitrogen and oxygen atoms in total. The smallest absolute Gasteiger partial charge is 0.250 e. The van der Waals surface area contributed by atoms with E-state index in [0.29, 0.717) is 18.1 Å². The molecule has 6 heteroatoms. The number of hydrogen-bond donors (Lipinski definition) is 1. The molecule has 0 fully saturated rings. The summed E-state index contributed by atoms with van der Waals surface area (Å²) in [6.07, 6.45) is 1.52. The van der Waals surface area contributed by atoms with Gasteiger partial charge in [-0.05, 0) is 31.2 Å². The van der Waals surface area contributed by atoms with Crippen LogP contribution in [0.2, 0.25) is 0 Å². The normalized spacial score (nSPS) is 11.7. The Labute approximate surface area is 144 Å². The first-order valence-corrected chi connectivity index (χ1v) is 7.89. The van der Waals surface area contributed by atoms with Crippen LogP contribution in [0.3, 0.4) is 0 Å². The van der Waals surface area contributed by atoms with E-state index in [1.165, 1.54) is 6.20 Å². The van der Waals surface area contributed by atoms with Crippen molar-refractivity contribution < 1.29 is 9.59 Å². The average Bonchev–Trinajstić information content (AvgIpc) is 3.01. The lowest BCUT2D eigenvalue weighted by molar-refractivity contribution is -0.117. The van der Waals surface area contributed by atoms with Gasteiger partial charge in [0.15, 0.2) is 5.92 Å². The standard InChI is InChI=1S/C19H16N4O2/c1-2-23-15-8-4-3-7-13(15)11-16(23)18(24)14(12-20)19(25)22-17-9-5-6-10-21-17/h3-11,14H,2H2,1H3,(H,21,22,25)/t14-/m0/s1. The molecule has 0 aliphatic rings. The summed E-state index contributed by atoms with van der Waals surface area (Å²) in [5.41, 5.74) is 1.25. The van der Waals surface area contributed by atoms with E-state index in [9.17, 15) is 14.9 Å². The minimum absolute atomic E-state index is 0.302. The maximum absolute atomic E-state index is 12.8. The second-order valence-electron chi connectivity index (χ2n) is 5.46. The van der Waals surface area contributed by atoms with Crippen LogP contribution in [0.25, 0.3) is 10.9 Å². The monoisotopic (exact) mass is 332 g/mol. The lowest BCUT2D eigenvalue weighted by Gasteiger charge is -2.11. The Balaban J connectivity index is 1.93. The van der Waals surface area contributed by atoms with Crippen molar-refractivity contribution in [1.82, 2.24) is 9.55 Å². The number of carbonyl (C=O) groups excluding carboxylic acids is 2. The maximum atomic E-state index is 12.8. The molecule has 1 aromatic carbocycles. The van der Waals surface area contributed by atoms with Gasteiger partial charge in [-0.1, -0.05) is 24.3 Å². The van der Waals surface area contributed by atoms with Gasteiger partial charge >= 0.3 is 0 Å². The highest BCUT2D eigenvalue weighted by Gasteiger charge is 2.30. The Morgan fingerprint density at radius 2 is 2.00 bits per heavy atom. The summed E-state index contributed by atoms with van der Waals surface area (Å²) in [4.78, 5) is 29.2. The number of aryl methyl sites for hydroxylation is 1. The Kier molecular flexibility index (Phi) is 4.57. The highest BCUT2D eigenvalue weighted by Crippen LogP contribution is 2.22. The lowest BCUT2D eigenvalue weighted by atomic mass is 10.0. The van der Waals surface area contributed by atoms with Gasteiger partial charge in [0.1, 0.15) is 5.82 Å². The Hall–Kier alpha value is -3.46. The van der Waals surface area contributed by atoms with Crippen LogP contribution in [0.15, 0.2) is 54.7 Å². The molecule has 0 bridgehead atoms. The molecule has 0 aliphatic carbocycles. The first-order chi connectivity index (χ1) is 12.2. The van der Waals surface area contributed by atoms with Gasteiger partial charge < -0.3 is 9.88 Å². The van der Waals surface area contributed by atoms with Crippen LogP contribution >= 0.6 is 0 Å². The summed E-state index contributed by atoms with van der Waals surface area (Å²) in [6.45, 7) is 2.48. The predicted molar refractivity (Wildman–Crippen MR) is 93.9 cm³/mol. The summed E-state index contributed by atoms with van der Waals surface area (Å²) < 4.78 is 1.82. The molecule has 0 saturated heterocycles. The Morgan fingerprint density at radius 3 is 2.68 bits per heavy atom. The van der Waals surface area contributed by atoms with Crippen molar-refractivity contribution in [3.8, 4) is 6.07 Å². The van der Waals surface area contributed by atoms with Crippen LogP contribution in [-0.2, 0) is 11.3 Å². The molecule has 1 amide bonds. The largest absolute Gasteiger partial charge is 0.338 e. The van der Waals surface area contributed by atoms with E-state index in [-0.39, 0.29) is 0 Å². The van der Waals surface area contributed by atoms with E-state index >= 15 is 0 Å². The predicted octanol–water partition coefficient (Wildman–Crippen LogP) is 3.02. The van der Waals surface area contributed by atoms with Crippen molar-refractivity contribution >= 4 is 28.4 Å². The van der Waals surface area contributed by atoms with Gasteiger partial charge in [0, 0.05) is 23.6 Å². The van der Waals surface area contributed by atoms with Crippen LogP contribution < -0.4 is 5.32 Å². The molecule has 2 heterocycles. The maximum Gasteiger partial charge on any atom is 0.250 e. The van der Waals surface area contributed by atoms with Crippen molar-refractivity contribution in [3.05, 3.63) is 60.4 Å². The second kappa shape index (κ2) is 6.97. The summed E-state index contributed by atoms with van der Waals surface area (Å²) in [5.74, 6) is -2.33. The fourth-order valence-electron chi connectivity index (χ4n) is 2.77. The fraction of sp³-hybridized carbons (Fsp3) is 0.158. The number of benzene rings is 1. The van der Waals surface area contributed by atoms with Gasteiger partial charge in [0.2, 0.25) is 5.78 Å². The zero-order valence-corrected chi connectivity index (χ0v) is 13.6. The quantitative estimate of drug-likeness (QED) is 0.574. The van der Waals surface area contributed by atoms with E-state index in [4.69, 9.17) is 0 Å². The number of pyridine rings is 1. The first kappa shape index (κ1) is 16.4. The molecule has 1 atom stereocenters. The number of nitriles is 1. The molecule has 25 heavy (non-hydrogen) atoms. The molecule has 0 unspecified atom stereocenters. The summed E-state index contributed by atoms with van der Waals surface area (Å²) in [5, 5.41) is 12.8. The van der Waals surface area contributed by atoms with Gasteiger partial charge in [-0.15, -0.1) is 0 Å². The van der Waals surface area contributed by atoms with Crippen LogP contribution in [0, 0.1) is 17.2 Å². The van der Waals surface area contributed by atoms with Gasteiger partial charge in [-0.25, -0.2) is 4.98 Å². The van der Waals surface area contributed by atoms with E-state index in [1.54, 1.807) is 24.3 Å². The molecule has 2 aromatic heterocycles. The second-order valence-corrected chi connectivity index (χ2v) is 5.46. The van der Waals surface area contributed by atoms with Gasteiger partial charge in [-0.3, -0.25) is 9.59 Å². The van der Waals surface area contributed by atoms with Gasteiger partial charge in [0.05, 0.1) is 11.8 Å². The lowest BCUT2D eigenvalue weighted by Crippen LogP contribution is -2.30. The number of para-hydroxylation sites is 1. The fourth-order valence-corrected chi connectivity index (χ4v) is 2.77. The van der Waals surface area contributed by atoms with Gasteiger partial charge in [-0.2, -0.15) is 5.26 Å². The van der Waals surface area contributed by atoms with Crippen LogP contribution in [-0.4, -0.2) is 21.2 Å². The third kappa shape index (κ3) is 3.12. The summed E-state index contributed by atoms with van der Waals surface area (Å²) >= 11 is 0. The Bertz CT molecular complexity index is 970. The minimum Gasteiger partial charge on any atom is -0.338 e.